The van der Waals surface area contributed by atoms with E-state index in [2.05, 4.69) is 4.98 Å². The van der Waals surface area contributed by atoms with Gasteiger partial charge in [0.15, 0.2) is 11.6 Å². The first-order valence-corrected chi connectivity index (χ1v) is 9.06. The number of pyridine rings is 1. The van der Waals surface area contributed by atoms with Gasteiger partial charge in [0.05, 0.1) is 31.5 Å². The summed E-state index contributed by atoms with van der Waals surface area (Å²) in [6, 6.07) is 9.57. The maximum Gasteiger partial charge on any atom is 0.296 e. The predicted octanol–water partition coefficient (Wildman–Crippen LogP) is 3.44. The highest BCUT2D eigenvalue weighted by atomic mass is 19.1. The molecule has 1 aliphatic rings. The van der Waals surface area contributed by atoms with E-state index in [0.29, 0.717) is 11.3 Å². The molecule has 1 saturated heterocycles. The number of nitrogens with zero attached hydrogens (tertiary/aromatic N) is 2. The molecule has 7 nitrogen and oxygen atoms in total. The highest BCUT2D eigenvalue weighted by Crippen LogP contribution is 2.40. The second-order valence-electron chi connectivity index (χ2n) is 6.64. The van der Waals surface area contributed by atoms with Gasteiger partial charge in [-0.15, -0.1) is 0 Å². The Morgan fingerprint density at radius 2 is 2.00 bits per heavy atom. The minimum absolute atomic E-state index is 0.00416. The third-order valence-corrected chi connectivity index (χ3v) is 4.89. The number of carbonyl (C=O) groups excluding carboxylic acids is 2. The van der Waals surface area contributed by atoms with Gasteiger partial charge < -0.3 is 19.2 Å². The van der Waals surface area contributed by atoms with Crippen LogP contribution >= 0.6 is 0 Å². The van der Waals surface area contributed by atoms with Gasteiger partial charge in [-0.2, -0.15) is 0 Å². The van der Waals surface area contributed by atoms with Crippen LogP contribution in [0.3, 0.4) is 0 Å². The van der Waals surface area contributed by atoms with Crippen LogP contribution in [0.15, 0.2) is 71.1 Å². The first-order chi connectivity index (χ1) is 14.5. The molecule has 3 heterocycles. The lowest BCUT2D eigenvalue weighted by atomic mass is 9.96. The van der Waals surface area contributed by atoms with Gasteiger partial charge in [0, 0.05) is 18.0 Å². The average molecular weight is 408 g/mol. The Bertz CT molecular complexity index is 1130. The molecule has 4 rings (SSSR count). The number of aliphatic hydroxyl groups excluding tert-OH is 1. The lowest BCUT2D eigenvalue weighted by Gasteiger charge is -2.24. The monoisotopic (exact) mass is 408 g/mol. The number of methoxy groups -OCH3 is 1. The fourth-order valence-corrected chi connectivity index (χ4v) is 3.47. The van der Waals surface area contributed by atoms with E-state index < -0.39 is 29.3 Å². The van der Waals surface area contributed by atoms with Gasteiger partial charge in [-0.25, -0.2) is 4.39 Å². The first-order valence-electron chi connectivity index (χ1n) is 9.06. The van der Waals surface area contributed by atoms with Crippen molar-refractivity contribution in [3.8, 4) is 5.75 Å². The third-order valence-electron chi connectivity index (χ3n) is 4.89. The molecule has 2 aromatic heterocycles. The van der Waals surface area contributed by atoms with Crippen molar-refractivity contribution in [3.05, 3.63) is 89.4 Å². The summed E-state index contributed by atoms with van der Waals surface area (Å²) in [4.78, 5) is 31.0. The fraction of sp³-hybridized carbons (Fsp3) is 0.136. The molecule has 3 aromatic rings. The van der Waals surface area contributed by atoms with Crippen LogP contribution in [0.5, 0.6) is 5.75 Å². The van der Waals surface area contributed by atoms with Crippen LogP contribution in [0.25, 0.3) is 5.76 Å². The molecule has 0 radical (unpaired) electrons. The topological polar surface area (TPSA) is 92.9 Å². The van der Waals surface area contributed by atoms with E-state index in [1.54, 1.807) is 24.3 Å². The molecule has 0 spiro atoms. The molecule has 152 valence electrons. The van der Waals surface area contributed by atoms with Crippen LogP contribution in [-0.4, -0.2) is 33.8 Å². The summed E-state index contributed by atoms with van der Waals surface area (Å²) < 4.78 is 24.4. The Morgan fingerprint density at radius 3 is 2.63 bits per heavy atom. The maximum absolute atomic E-state index is 14.2. The largest absolute Gasteiger partial charge is 0.507 e. The normalized spacial score (nSPS) is 18.1. The van der Waals surface area contributed by atoms with Gasteiger partial charge in [-0.3, -0.25) is 14.6 Å². The van der Waals surface area contributed by atoms with Crippen molar-refractivity contribution in [1.82, 2.24) is 9.88 Å². The molecule has 1 fully saturated rings. The highest BCUT2D eigenvalue weighted by Gasteiger charge is 2.46. The number of ether oxygens (including phenoxy) is 1. The molecule has 0 saturated carbocycles. The van der Waals surface area contributed by atoms with Crippen molar-refractivity contribution in [2.75, 3.05) is 7.11 Å². The van der Waals surface area contributed by atoms with Crippen LogP contribution < -0.4 is 4.74 Å². The Labute approximate surface area is 171 Å². The van der Waals surface area contributed by atoms with Gasteiger partial charge in [0.2, 0.25) is 0 Å². The summed E-state index contributed by atoms with van der Waals surface area (Å²) in [5.74, 6) is -2.35. The molecule has 1 amide bonds. The third kappa shape index (κ3) is 3.32. The minimum atomic E-state index is -0.886. The lowest BCUT2D eigenvalue weighted by Crippen LogP contribution is -2.29. The quantitative estimate of drug-likeness (QED) is 0.395. The molecule has 8 heteroatoms. The highest BCUT2D eigenvalue weighted by molar-refractivity contribution is 6.46. The summed E-state index contributed by atoms with van der Waals surface area (Å²) in [5, 5.41) is 10.9. The second-order valence-corrected chi connectivity index (χ2v) is 6.64. The molecule has 0 aliphatic carbocycles. The second kappa shape index (κ2) is 7.82. The number of likely N-dealkylation sites (tertiary alicyclic amines) is 1. The Balaban J connectivity index is 1.85. The number of hydrogen-bond acceptors (Lipinski definition) is 6. The first kappa shape index (κ1) is 19.4. The Kier molecular flexibility index (Phi) is 5.05. The number of benzene rings is 1. The molecular formula is C22H17FN2O5. The maximum atomic E-state index is 14.2. The van der Waals surface area contributed by atoms with E-state index in [4.69, 9.17) is 9.15 Å². The van der Waals surface area contributed by atoms with Gasteiger partial charge in [-0.05, 0) is 48.0 Å². The van der Waals surface area contributed by atoms with Crippen molar-refractivity contribution in [2.45, 2.75) is 12.6 Å². The number of aliphatic hydroxyl groups is 1. The number of amides is 1. The Hall–Kier alpha value is -3.94. The van der Waals surface area contributed by atoms with Crippen LogP contribution in [-0.2, 0) is 16.1 Å². The lowest BCUT2D eigenvalue weighted by molar-refractivity contribution is -0.140. The van der Waals surface area contributed by atoms with E-state index in [9.17, 15) is 19.1 Å². The summed E-state index contributed by atoms with van der Waals surface area (Å²) in [5.41, 5.74) is 0.497. The van der Waals surface area contributed by atoms with E-state index in [0.717, 1.165) is 6.07 Å². The minimum Gasteiger partial charge on any atom is -0.507 e. The van der Waals surface area contributed by atoms with E-state index in [1.165, 1.54) is 42.8 Å². The van der Waals surface area contributed by atoms with Crippen LogP contribution in [0.1, 0.15) is 22.9 Å². The zero-order valence-electron chi connectivity index (χ0n) is 15.9. The zero-order chi connectivity index (χ0) is 21.3. The molecule has 30 heavy (non-hydrogen) atoms. The number of hydrogen-bond donors (Lipinski definition) is 1. The molecule has 1 aliphatic heterocycles. The smallest absolute Gasteiger partial charge is 0.296 e. The fourth-order valence-electron chi connectivity index (χ4n) is 3.47. The molecular weight excluding hydrogens is 391 g/mol. The number of rotatable bonds is 5. The molecule has 1 N–H and O–H groups in total. The van der Waals surface area contributed by atoms with E-state index >= 15 is 0 Å². The number of carbonyl (C=O) groups is 2. The summed E-state index contributed by atoms with van der Waals surface area (Å²) in [6.07, 6.45) is 4.51. The van der Waals surface area contributed by atoms with Gasteiger partial charge in [0.1, 0.15) is 11.5 Å². The summed E-state index contributed by atoms with van der Waals surface area (Å²) >= 11 is 0. The SMILES string of the molecule is COc1ccc(C(O)=C2C(=O)C(=O)N(Cc3ccco3)[C@@H]2c2ccncc2)cc1F. The summed E-state index contributed by atoms with van der Waals surface area (Å²) in [7, 11) is 1.32. The van der Waals surface area contributed by atoms with E-state index in [-0.39, 0.29) is 23.4 Å². The molecule has 0 unspecified atom stereocenters. The van der Waals surface area contributed by atoms with E-state index in [1.807, 2.05) is 0 Å². The van der Waals surface area contributed by atoms with Crippen LogP contribution in [0.2, 0.25) is 0 Å². The van der Waals surface area contributed by atoms with Crippen LogP contribution in [0.4, 0.5) is 4.39 Å². The van der Waals surface area contributed by atoms with Gasteiger partial charge in [0.25, 0.3) is 11.7 Å². The number of halogens is 1. The van der Waals surface area contributed by atoms with Crippen molar-refractivity contribution >= 4 is 17.4 Å². The van der Waals surface area contributed by atoms with Crippen molar-refractivity contribution in [1.29, 1.82) is 0 Å². The van der Waals surface area contributed by atoms with Crippen molar-refractivity contribution in [2.24, 2.45) is 0 Å². The average Bonchev–Trinajstić information content (AvgIpc) is 3.36. The molecule has 1 aromatic carbocycles. The van der Waals surface area contributed by atoms with Gasteiger partial charge in [-0.1, -0.05) is 0 Å². The zero-order valence-corrected chi connectivity index (χ0v) is 15.9. The predicted molar refractivity (Wildman–Crippen MR) is 104 cm³/mol. The van der Waals surface area contributed by atoms with Crippen LogP contribution in [0, 0.1) is 5.82 Å². The number of ketones is 1. The number of furan rings is 1. The molecule has 1 atom stereocenters. The molecule has 0 bridgehead atoms. The number of Topliss-reactive ketones (excluding diaryl/α,β-unsaturated/α-hetero) is 1. The summed E-state index contributed by atoms with van der Waals surface area (Å²) in [6.45, 7) is 0.0261. The van der Waals surface area contributed by atoms with Crippen molar-refractivity contribution < 1.29 is 28.2 Å². The Morgan fingerprint density at radius 1 is 1.23 bits per heavy atom. The number of aromatic nitrogens is 1. The van der Waals surface area contributed by atoms with Gasteiger partial charge >= 0.3 is 0 Å². The standard InChI is InChI=1S/C22H17FN2O5/c1-29-17-5-4-14(11-16(17)23)20(26)18-19(13-6-8-24-9-7-13)25(22(28)21(18)27)12-15-3-2-10-30-15/h2-11,19,26H,12H2,1H3/t19-/m1/s1. The van der Waals surface area contributed by atoms with Crippen molar-refractivity contribution in [3.63, 3.8) is 0 Å².